The summed E-state index contributed by atoms with van der Waals surface area (Å²) in [5.41, 5.74) is 7.20. The molecule has 80 heavy (non-hydrogen) atoms. The van der Waals surface area contributed by atoms with Crippen molar-refractivity contribution in [3.8, 4) is 22.6 Å². The van der Waals surface area contributed by atoms with Crippen LogP contribution in [0.2, 0.25) is 0 Å². The normalized spacial score (nSPS) is 23.3. The minimum atomic E-state index is -1.49. The topological polar surface area (TPSA) is 236 Å². The Hall–Kier alpha value is -7.74. The van der Waals surface area contributed by atoms with Gasteiger partial charge in [-0.1, -0.05) is 116 Å². The molecule has 0 aliphatic carbocycles. The second-order valence-electron chi connectivity index (χ2n) is 20.3. The quantitative estimate of drug-likeness (QED) is 0.0437. The maximum Gasteiger partial charge on any atom is 0.322 e. The van der Waals surface area contributed by atoms with Gasteiger partial charge in [0.05, 0.1) is 43.0 Å². The fraction of sp³-hybridized carbons (Fsp3) is 0.302. The van der Waals surface area contributed by atoms with Crippen molar-refractivity contribution in [2.45, 2.75) is 113 Å². The van der Waals surface area contributed by atoms with Gasteiger partial charge >= 0.3 is 12.1 Å². The first-order chi connectivity index (χ1) is 38.1. The zero-order valence-electron chi connectivity index (χ0n) is 43.2. The third kappa shape index (κ3) is 13.1. The summed E-state index contributed by atoms with van der Waals surface area (Å²) in [7, 11) is 0. The predicted octanol–water partition coefficient (Wildman–Crippen LogP) is 9.89. The number of ether oxygens (including phenoxy) is 1. The third-order valence-corrected chi connectivity index (χ3v) is 15.0. The van der Waals surface area contributed by atoms with E-state index in [1.165, 1.54) is 24.3 Å². The number of amides is 4. The lowest BCUT2D eigenvalue weighted by Crippen LogP contribution is -2.55. The van der Waals surface area contributed by atoms with E-state index in [1.54, 1.807) is 94.7 Å². The van der Waals surface area contributed by atoms with Crippen molar-refractivity contribution in [1.82, 2.24) is 10.6 Å². The van der Waals surface area contributed by atoms with Crippen molar-refractivity contribution in [1.29, 1.82) is 0 Å². The van der Waals surface area contributed by atoms with E-state index in [9.17, 15) is 59.2 Å². The number of aliphatic hydroxyl groups excluding tert-OH is 6. The third-order valence-electron chi connectivity index (χ3n) is 15.0. The molecule has 3 fully saturated rings. The molecule has 3 aliphatic heterocycles. The van der Waals surface area contributed by atoms with Crippen LogP contribution in [0.4, 0.5) is 29.7 Å². The second kappa shape index (κ2) is 26.0. The van der Waals surface area contributed by atoms with Crippen molar-refractivity contribution < 1.29 is 64.0 Å². The molecule has 0 spiro atoms. The number of rotatable bonds is 16. The summed E-state index contributed by atoms with van der Waals surface area (Å²) in [6, 6.07) is 45.3. The number of hydrogen-bond donors (Lipinski definition) is 10. The van der Waals surface area contributed by atoms with Gasteiger partial charge in [0.2, 0.25) is 0 Å². The minimum absolute atomic E-state index is 0. The van der Waals surface area contributed by atoms with Gasteiger partial charge in [0.15, 0.2) is 0 Å². The highest BCUT2D eigenvalue weighted by atomic mass is 19.1. The zero-order valence-corrected chi connectivity index (χ0v) is 43.2. The molecule has 4 amide bonds. The number of benzene rings is 7. The lowest BCUT2D eigenvalue weighted by Gasteiger charge is -2.40. The van der Waals surface area contributed by atoms with E-state index < -0.39 is 55.4 Å². The van der Waals surface area contributed by atoms with Crippen LogP contribution in [-0.4, -0.2) is 96.0 Å². The van der Waals surface area contributed by atoms with Crippen LogP contribution in [0.3, 0.4) is 0 Å². The predicted molar refractivity (Wildman–Crippen MR) is 300 cm³/mol. The smallest absolute Gasteiger partial charge is 0.322 e. The number of hydrogen-bond acceptors (Lipinski definition) is 11. The van der Waals surface area contributed by atoms with Gasteiger partial charge in [0.25, 0.3) is 0 Å². The molecule has 10 rings (SSSR count). The first kappa shape index (κ1) is 58.4. The van der Waals surface area contributed by atoms with Crippen LogP contribution in [0.5, 0.6) is 11.5 Å². The summed E-state index contributed by atoms with van der Waals surface area (Å²) in [6.07, 6.45) is -5.25. The number of anilines is 2. The summed E-state index contributed by atoms with van der Waals surface area (Å²) >= 11 is 0. The maximum atomic E-state index is 13.4. The highest BCUT2D eigenvalue weighted by Gasteiger charge is 2.45. The van der Waals surface area contributed by atoms with Crippen molar-refractivity contribution in [2.75, 3.05) is 16.4 Å². The summed E-state index contributed by atoms with van der Waals surface area (Å²) in [5.74, 6) is -0.619. The molecular weight excluding hydrogens is 1030 g/mol. The number of para-hydroxylation sites is 1. The van der Waals surface area contributed by atoms with E-state index in [4.69, 9.17) is 4.74 Å². The lowest BCUT2D eigenvalue weighted by molar-refractivity contribution is -0.231. The van der Waals surface area contributed by atoms with Gasteiger partial charge in [0.1, 0.15) is 53.7 Å². The highest BCUT2D eigenvalue weighted by Crippen LogP contribution is 2.43. The Bertz CT molecular complexity index is 3140. The molecule has 7 aromatic rings. The average molecular weight is 1100 g/mol. The van der Waals surface area contributed by atoms with Gasteiger partial charge in [-0.25, -0.2) is 18.4 Å². The van der Waals surface area contributed by atoms with Crippen LogP contribution in [0.25, 0.3) is 11.1 Å². The Labute approximate surface area is 463 Å². The van der Waals surface area contributed by atoms with Gasteiger partial charge in [-0.15, -0.1) is 0 Å². The van der Waals surface area contributed by atoms with Crippen LogP contribution < -0.4 is 20.4 Å². The lowest BCUT2D eigenvalue weighted by atomic mass is 9.90. The van der Waals surface area contributed by atoms with Gasteiger partial charge in [-0.3, -0.25) is 9.80 Å². The summed E-state index contributed by atoms with van der Waals surface area (Å²) in [4.78, 5) is 29.5. The number of phenolic OH excluding ortho intramolecular Hbond substituents is 2. The molecule has 3 saturated heterocycles. The van der Waals surface area contributed by atoms with E-state index in [1.807, 2.05) is 67.6 Å². The number of nitrogens with zero attached hydrogens (tertiary/aromatic N) is 2. The number of carbonyl (C=O) groups excluding carboxylic acids is 2. The minimum Gasteiger partial charge on any atom is -0.508 e. The Kier molecular flexibility index (Phi) is 19.0. The molecule has 7 aromatic carbocycles. The van der Waals surface area contributed by atoms with Crippen LogP contribution in [0, 0.1) is 18.6 Å². The van der Waals surface area contributed by atoms with Crippen molar-refractivity contribution in [3.63, 3.8) is 0 Å². The van der Waals surface area contributed by atoms with E-state index in [2.05, 4.69) is 10.6 Å². The standard InChI is InChI=1S/C37H39FN2O8.C25H25FN2O3.CH4/c38-25-16-13-22(14-17-25)29(42)8-4-7-28-32(40(37(47)39-28)26-5-2-1-3-6-26)27-18-15-24(19-30(27)43)21-9-11-23(12-10-21)36-35(46)34(45)33(44)31(20-41)48-36;1-16-2-4-17(5-3-16)23(30)15-14-22-24(18-6-12-21(29)13-7-18)28(25(31)27-22)20-10-8-19(26)9-11-20;/h1-3,5-6,9-19,28-29,31-36,41-46H,4,7-8,20H2,(H,39,47);2-13,22-24,29-30H,14-15H2,1H3,(H,27,31);1H4/t28-,29-,31-,32-,33-,34+,35-,36+;;/m1../s1. The summed E-state index contributed by atoms with van der Waals surface area (Å²) < 4.78 is 32.4. The van der Waals surface area contributed by atoms with E-state index >= 15 is 0 Å². The molecular formula is C63H68F2N4O11. The van der Waals surface area contributed by atoms with E-state index in [0.29, 0.717) is 65.7 Å². The SMILES string of the molecule is C.Cc1ccc(C(O)CCC2NC(=O)N(c3ccc(F)cc3)C2c2ccc(O)cc2)cc1.O=C1N[C@H](CCC[C@@H](O)c2ccc(F)cc2)[C@@H](c2ccc(-c3ccc([C@@H]4O[C@H](CO)[C@@H](O)[C@H](O)[C@H]4O)cc3)cc2O)N1c1ccccc1. The van der Waals surface area contributed by atoms with Crippen molar-refractivity contribution >= 4 is 23.4 Å². The molecule has 0 bridgehead atoms. The average Bonchev–Trinajstić information content (AvgIpc) is 4.05. The fourth-order valence-electron chi connectivity index (χ4n) is 10.7. The van der Waals surface area contributed by atoms with Crippen LogP contribution in [-0.2, 0) is 4.74 Å². The first-order valence-electron chi connectivity index (χ1n) is 26.3. The van der Waals surface area contributed by atoms with Gasteiger partial charge in [-0.05, 0) is 139 Å². The van der Waals surface area contributed by atoms with Crippen LogP contribution >= 0.6 is 0 Å². The molecule has 10 N–H and O–H groups in total. The van der Waals surface area contributed by atoms with Crippen LogP contribution in [0.15, 0.2) is 170 Å². The number of urea groups is 2. The zero-order chi connectivity index (χ0) is 55.9. The Morgan fingerprint density at radius 2 is 1.10 bits per heavy atom. The van der Waals surface area contributed by atoms with E-state index in [-0.39, 0.29) is 60.7 Å². The number of nitrogens with one attached hydrogen (secondary N) is 2. The molecule has 3 aliphatic rings. The Morgan fingerprint density at radius 1 is 0.575 bits per heavy atom. The number of carbonyl (C=O) groups is 2. The molecule has 3 unspecified atom stereocenters. The number of aliphatic hydroxyl groups is 6. The fourth-order valence-corrected chi connectivity index (χ4v) is 10.7. The summed E-state index contributed by atoms with van der Waals surface area (Å²) in [6.45, 7) is 1.48. The highest BCUT2D eigenvalue weighted by molar-refractivity contribution is 5.96. The van der Waals surface area contributed by atoms with Gasteiger partial charge < -0.3 is 56.2 Å². The maximum absolute atomic E-state index is 13.4. The van der Waals surface area contributed by atoms with Gasteiger partial charge in [0, 0.05) is 16.9 Å². The van der Waals surface area contributed by atoms with Crippen LogP contribution in [0.1, 0.15) is 103 Å². The molecule has 15 nitrogen and oxygen atoms in total. The first-order valence-corrected chi connectivity index (χ1v) is 26.3. The molecule has 0 radical (unpaired) electrons. The Morgan fingerprint density at radius 3 is 1.70 bits per heavy atom. The molecule has 3 heterocycles. The van der Waals surface area contributed by atoms with Gasteiger partial charge in [-0.2, -0.15) is 0 Å². The monoisotopic (exact) mass is 1090 g/mol. The molecule has 420 valence electrons. The van der Waals surface area contributed by atoms with Crippen molar-refractivity contribution in [2.24, 2.45) is 0 Å². The van der Waals surface area contributed by atoms with Crippen molar-refractivity contribution in [3.05, 3.63) is 215 Å². The number of halogens is 2. The largest absolute Gasteiger partial charge is 0.508 e. The second-order valence-corrected chi connectivity index (χ2v) is 20.3. The summed E-state index contributed by atoms with van der Waals surface area (Å²) in [5, 5.41) is 88.8. The number of aromatic hydroxyl groups is 2. The van der Waals surface area contributed by atoms with E-state index in [0.717, 1.165) is 22.3 Å². The molecule has 17 heteroatoms. The molecule has 11 atom stereocenters. The Balaban J connectivity index is 0.000000227. The molecule has 0 saturated carbocycles. The number of aryl methyl sites for hydroxylation is 1. The number of phenols is 2. The molecule has 0 aromatic heterocycles.